The van der Waals surface area contributed by atoms with E-state index in [9.17, 15) is 4.79 Å². The first kappa shape index (κ1) is 15.3. The number of hydrogen-bond donors (Lipinski definition) is 2. The number of aromatic nitrogens is 3. The van der Waals surface area contributed by atoms with Crippen LogP contribution in [0, 0.1) is 0 Å². The lowest BCUT2D eigenvalue weighted by atomic mass is 10.2. The van der Waals surface area contributed by atoms with Crippen LogP contribution in [0.15, 0.2) is 0 Å². The van der Waals surface area contributed by atoms with E-state index in [0.29, 0.717) is 5.95 Å². The van der Waals surface area contributed by atoms with Crippen molar-refractivity contribution in [2.75, 3.05) is 30.4 Å². The molecule has 1 atom stereocenters. The van der Waals surface area contributed by atoms with Crippen LogP contribution in [0.25, 0.3) is 0 Å². The molecule has 2 rings (SSSR count). The number of methoxy groups -OCH3 is 1. The lowest BCUT2D eigenvalue weighted by molar-refractivity contribution is -0.137. The van der Waals surface area contributed by atoms with E-state index in [0.717, 1.165) is 25.9 Å². The summed E-state index contributed by atoms with van der Waals surface area (Å²) >= 11 is 0. The van der Waals surface area contributed by atoms with Crippen LogP contribution in [0.4, 0.5) is 11.9 Å². The zero-order valence-electron chi connectivity index (χ0n) is 12.4. The molecular formula is C13H21N5O3. The molecule has 1 aliphatic heterocycles. The third-order valence-electron chi connectivity index (χ3n) is 3.39. The molecule has 0 saturated carbocycles. The molecule has 116 valence electrons. The van der Waals surface area contributed by atoms with Crippen molar-refractivity contribution in [3.8, 4) is 6.01 Å². The zero-order chi connectivity index (χ0) is 15.2. The Morgan fingerprint density at radius 2 is 1.90 bits per heavy atom. The van der Waals surface area contributed by atoms with Crippen LogP contribution >= 0.6 is 0 Å². The van der Waals surface area contributed by atoms with E-state index in [1.54, 1.807) is 0 Å². The number of hydrogen-bond acceptors (Lipinski definition) is 7. The van der Waals surface area contributed by atoms with E-state index >= 15 is 0 Å². The summed E-state index contributed by atoms with van der Waals surface area (Å²) < 4.78 is 5.08. The second kappa shape index (κ2) is 7.05. The van der Waals surface area contributed by atoms with Crippen LogP contribution in [0.2, 0.25) is 0 Å². The maximum atomic E-state index is 10.9. The molecular weight excluding hydrogens is 274 g/mol. The Labute approximate surface area is 123 Å². The molecule has 1 fully saturated rings. The highest BCUT2D eigenvalue weighted by atomic mass is 16.5. The number of aliphatic carboxylic acids is 1. The molecule has 1 aromatic heterocycles. The van der Waals surface area contributed by atoms with Crippen molar-refractivity contribution in [3.05, 3.63) is 0 Å². The number of rotatable bonds is 5. The lowest BCUT2D eigenvalue weighted by Crippen LogP contribution is -2.29. The van der Waals surface area contributed by atoms with Crippen molar-refractivity contribution in [3.63, 3.8) is 0 Å². The molecule has 1 saturated heterocycles. The fourth-order valence-electron chi connectivity index (χ4n) is 2.17. The highest BCUT2D eigenvalue weighted by Crippen LogP contribution is 2.19. The quantitative estimate of drug-likeness (QED) is 0.834. The molecule has 0 radical (unpaired) electrons. The summed E-state index contributed by atoms with van der Waals surface area (Å²) in [4.78, 5) is 25.6. The lowest BCUT2D eigenvalue weighted by Gasteiger charge is -2.21. The summed E-state index contributed by atoms with van der Waals surface area (Å²) in [5, 5.41) is 11.7. The zero-order valence-corrected chi connectivity index (χ0v) is 12.4. The van der Waals surface area contributed by atoms with Gasteiger partial charge in [-0.15, -0.1) is 0 Å². The molecule has 8 nitrogen and oxygen atoms in total. The van der Waals surface area contributed by atoms with Crippen molar-refractivity contribution in [2.24, 2.45) is 0 Å². The van der Waals surface area contributed by atoms with Gasteiger partial charge in [0.15, 0.2) is 0 Å². The molecule has 0 aliphatic carbocycles. The first-order valence-corrected chi connectivity index (χ1v) is 7.14. The number of carbonyl (C=O) groups is 1. The van der Waals surface area contributed by atoms with Crippen LogP contribution < -0.4 is 15.0 Å². The van der Waals surface area contributed by atoms with Crippen LogP contribution in [0.5, 0.6) is 6.01 Å². The largest absolute Gasteiger partial charge is 0.480 e. The van der Waals surface area contributed by atoms with Gasteiger partial charge in [-0.2, -0.15) is 15.0 Å². The van der Waals surface area contributed by atoms with Gasteiger partial charge in [-0.3, -0.25) is 4.79 Å². The smallest absolute Gasteiger partial charge is 0.325 e. The number of anilines is 2. The molecule has 0 aromatic carbocycles. The van der Waals surface area contributed by atoms with Crippen molar-refractivity contribution < 1.29 is 14.6 Å². The molecule has 0 amide bonds. The van der Waals surface area contributed by atoms with Crippen LogP contribution in [-0.4, -0.2) is 52.3 Å². The van der Waals surface area contributed by atoms with Crippen molar-refractivity contribution in [1.29, 1.82) is 0 Å². The Kier molecular flexibility index (Phi) is 5.13. The van der Waals surface area contributed by atoms with Gasteiger partial charge in [-0.1, -0.05) is 12.8 Å². The highest BCUT2D eigenvalue weighted by Gasteiger charge is 2.18. The standard InChI is InChI=1S/C13H21N5O3/c1-9(10(19)20)14-11-15-12(17-13(16-11)21-2)18-7-5-3-4-6-8-18/h9H,3-8H2,1-2H3,(H,19,20)(H,14,15,16,17). The van der Waals surface area contributed by atoms with Crippen molar-refractivity contribution >= 4 is 17.9 Å². The first-order chi connectivity index (χ1) is 10.1. The Balaban J connectivity index is 2.21. The summed E-state index contributed by atoms with van der Waals surface area (Å²) in [6, 6.07) is -0.599. The summed E-state index contributed by atoms with van der Waals surface area (Å²) in [7, 11) is 1.48. The minimum atomic E-state index is -0.967. The monoisotopic (exact) mass is 295 g/mol. The maximum Gasteiger partial charge on any atom is 0.325 e. The minimum absolute atomic E-state index is 0.185. The second-order valence-corrected chi connectivity index (χ2v) is 5.05. The first-order valence-electron chi connectivity index (χ1n) is 7.14. The van der Waals surface area contributed by atoms with E-state index in [4.69, 9.17) is 9.84 Å². The Morgan fingerprint density at radius 3 is 2.48 bits per heavy atom. The summed E-state index contributed by atoms with van der Waals surface area (Å²) in [5.74, 6) is -0.217. The van der Waals surface area contributed by atoms with Gasteiger partial charge in [0.2, 0.25) is 11.9 Å². The van der Waals surface area contributed by atoms with Gasteiger partial charge in [0.05, 0.1) is 7.11 Å². The predicted octanol–water partition coefficient (Wildman–Crippen LogP) is 1.15. The van der Waals surface area contributed by atoms with Gasteiger partial charge >= 0.3 is 12.0 Å². The molecule has 1 aromatic rings. The average molecular weight is 295 g/mol. The topological polar surface area (TPSA) is 100 Å². The number of ether oxygens (including phenoxy) is 1. The van der Waals surface area contributed by atoms with Crippen LogP contribution in [-0.2, 0) is 4.79 Å². The summed E-state index contributed by atoms with van der Waals surface area (Å²) in [5.41, 5.74) is 0. The molecule has 21 heavy (non-hydrogen) atoms. The summed E-state index contributed by atoms with van der Waals surface area (Å²) in [6.07, 6.45) is 4.62. The van der Waals surface area contributed by atoms with Crippen LogP contribution in [0.1, 0.15) is 32.6 Å². The second-order valence-electron chi connectivity index (χ2n) is 5.05. The Bertz CT molecular complexity index is 489. The van der Waals surface area contributed by atoms with Gasteiger partial charge in [-0.05, 0) is 19.8 Å². The van der Waals surface area contributed by atoms with Gasteiger partial charge in [-0.25, -0.2) is 0 Å². The molecule has 2 heterocycles. The van der Waals surface area contributed by atoms with E-state index in [1.165, 1.54) is 26.9 Å². The normalized spacial score (nSPS) is 17.0. The van der Waals surface area contributed by atoms with E-state index in [-0.39, 0.29) is 12.0 Å². The van der Waals surface area contributed by atoms with E-state index in [2.05, 4.69) is 25.2 Å². The maximum absolute atomic E-state index is 10.9. The molecule has 2 N–H and O–H groups in total. The minimum Gasteiger partial charge on any atom is -0.480 e. The van der Waals surface area contributed by atoms with E-state index in [1.807, 2.05) is 0 Å². The Hall–Kier alpha value is -2.12. The number of nitrogens with zero attached hydrogens (tertiary/aromatic N) is 4. The van der Waals surface area contributed by atoms with E-state index < -0.39 is 12.0 Å². The molecule has 1 unspecified atom stereocenters. The summed E-state index contributed by atoms with van der Waals surface area (Å²) in [6.45, 7) is 3.31. The molecule has 8 heteroatoms. The van der Waals surface area contributed by atoms with Gasteiger partial charge in [0, 0.05) is 13.1 Å². The van der Waals surface area contributed by atoms with Crippen LogP contribution in [0.3, 0.4) is 0 Å². The van der Waals surface area contributed by atoms with Gasteiger partial charge < -0.3 is 20.1 Å². The highest BCUT2D eigenvalue weighted by molar-refractivity contribution is 5.75. The molecule has 0 spiro atoms. The fraction of sp³-hybridized carbons (Fsp3) is 0.692. The Morgan fingerprint density at radius 1 is 1.24 bits per heavy atom. The third kappa shape index (κ3) is 4.17. The predicted molar refractivity (Wildman–Crippen MR) is 77.8 cm³/mol. The van der Waals surface area contributed by atoms with Gasteiger partial charge in [0.25, 0.3) is 0 Å². The number of nitrogens with one attached hydrogen (secondary N) is 1. The molecule has 1 aliphatic rings. The fourth-order valence-corrected chi connectivity index (χ4v) is 2.17. The number of carboxylic acid groups (broad SMARTS) is 1. The molecule has 0 bridgehead atoms. The third-order valence-corrected chi connectivity index (χ3v) is 3.39. The van der Waals surface area contributed by atoms with Crippen molar-refractivity contribution in [2.45, 2.75) is 38.6 Å². The number of carboxylic acids is 1. The average Bonchev–Trinajstić information content (AvgIpc) is 2.75. The SMILES string of the molecule is COc1nc(NC(C)C(=O)O)nc(N2CCCCCC2)n1. The van der Waals surface area contributed by atoms with Crippen molar-refractivity contribution in [1.82, 2.24) is 15.0 Å². The van der Waals surface area contributed by atoms with Gasteiger partial charge in [0.1, 0.15) is 6.04 Å².